The second kappa shape index (κ2) is 4.78. The molecule has 3 heteroatoms. The lowest BCUT2D eigenvalue weighted by molar-refractivity contribution is 0.0727. The zero-order valence-electron chi connectivity index (χ0n) is 9.81. The summed E-state index contributed by atoms with van der Waals surface area (Å²) in [6.45, 7) is 3.97. The van der Waals surface area contributed by atoms with E-state index in [2.05, 4.69) is 4.98 Å². The highest BCUT2D eigenvalue weighted by Gasteiger charge is 2.09. The summed E-state index contributed by atoms with van der Waals surface area (Å²) >= 11 is 0. The summed E-state index contributed by atoms with van der Waals surface area (Å²) in [5.74, 6) is -0.0671. The molecule has 1 aromatic carbocycles. The van der Waals surface area contributed by atoms with E-state index in [4.69, 9.17) is 4.74 Å². The molecule has 17 heavy (non-hydrogen) atoms. The van der Waals surface area contributed by atoms with Gasteiger partial charge in [0.25, 0.3) is 0 Å². The molecule has 0 aliphatic carbocycles. The van der Waals surface area contributed by atoms with Crippen molar-refractivity contribution in [3.63, 3.8) is 0 Å². The van der Waals surface area contributed by atoms with E-state index in [0.717, 1.165) is 11.1 Å². The minimum Gasteiger partial charge on any atom is -0.404 e. The number of ether oxygens (including phenoxy) is 1. The maximum Gasteiger partial charge on any atom is 0.344 e. The van der Waals surface area contributed by atoms with Gasteiger partial charge in [0.05, 0.1) is 5.56 Å². The van der Waals surface area contributed by atoms with E-state index < -0.39 is 0 Å². The lowest BCUT2D eigenvalue weighted by atomic mass is 10.1. The summed E-state index contributed by atoms with van der Waals surface area (Å²) in [5.41, 5.74) is 2.76. The summed E-state index contributed by atoms with van der Waals surface area (Å²) in [5, 5.41) is 0. The predicted molar refractivity (Wildman–Crippen MR) is 65.1 cm³/mol. The Hall–Kier alpha value is -2.16. The fraction of sp³-hybridized carbons (Fsp3) is 0.143. The van der Waals surface area contributed by atoms with Crippen molar-refractivity contribution in [1.29, 1.82) is 0 Å². The fourth-order valence-electron chi connectivity index (χ4n) is 1.43. The number of carbonyl (C=O) groups is 1. The molecule has 0 atom stereocenters. The Kier molecular flexibility index (Phi) is 3.19. The number of aryl methyl sites for hydroxylation is 2. The Morgan fingerprint density at radius 3 is 2.59 bits per heavy atom. The first-order chi connectivity index (χ1) is 8.16. The number of rotatable bonds is 2. The lowest BCUT2D eigenvalue weighted by Gasteiger charge is -2.05. The van der Waals surface area contributed by atoms with Crippen molar-refractivity contribution >= 4 is 5.97 Å². The average molecular weight is 227 g/mol. The minimum atomic E-state index is -0.383. The standard InChI is InChI=1S/C14H13NO2/c1-10-6-7-12(9-11(10)2)14(16)17-13-5-3-4-8-15-13/h3-9H,1-2H3. The highest BCUT2D eigenvalue weighted by atomic mass is 16.5. The monoisotopic (exact) mass is 227 g/mol. The van der Waals surface area contributed by atoms with Gasteiger partial charge in [-0.2, -0.15) is 0 Å². The van der Waals surface area contributed by atoms with Crippen LogP contribution >= 0.6 is 0 Å². The maximum atomic E-state index is 11.8. The molecule has 86 valence electrons. The predicted octanol–water partition coefficient (Wildman–Crippen LogP) is 2.92. The van der Waals surface area contributed by atoms with E-state index in [1.165, 1.54) is 0 Å². The topological polar surface area (TPSA) is 39.2 Å². The summed E-state index contributed by atoms with van der Waals surface area (Å²) < 4.78 is 5.15. The summed E-state index contributed by atoms with van der Waals surface area (Å²) in [4.78, 5) is 15.8. The number of carbonyl (C=O) groups excluding carboxylic acids is 1. The van der Waals surface area contributed by atoms with Crippen molar-refractivity contribution in [2.45, 2.75) is 13.8 Å². The number of nitrogens with zero attached hydrogens (tertiary/aromatic N) is 1. The van der Waals surface area contributed by atoms with Crippen LogP contribution in [-0.4, -0.2) is 11.0 Å². The van der Waals surface area contributed by atoms with Gasteiger partial charge in [-0.05, 0) is 43.2 Å². The van der Waals surface area contributed by atoms with Crippen LogP contribution in [0.25, 0.3) is 0 Å². The van der Waals surface area contributed by atoms with E-state index >= 15 is 0 Å². The van der Waals surface area contributed by atoms with Crippen LogP contribution < -0.4 is 4.74 Å². The SMILES string of the molecule is Cc1ccc(C(=O)Oc2ccccn2)cc1C. The van der Waals surface area contributed by atoms with E-state index in [0.29, 0.717) is 11.4 Å². The van der Waals surface area contributed by atoms with Crippen LogP contribution in [0.1, 0.15) is 21.5 Å². The van der Waals surface area contributed by atoms with Gasteiger partial charge in [0, 0.05) is 12.3 Å². The zero-order chi connectivity index (χ0) is 12.3. The van der Waals surface area contributed by atoms with E-state index in [9.17, 15) is 4.79 Å². The Bertz CT molecular complexity index is 535. The summed E-state index contributed by atoms with van der Waals surface area (Å²) in [6, 6.07) is 10.7. The third-order valence-electron chi connectivity index (χ3n) is 2.58. The Labute approximate surface area is 100 Å². The summed E-state index contributed by atoms with van der Waals surface area (Å²) in [7, 11) is 0. The van der Waals surface area contributed by atoms with Gasteiger partial charge >= 0.3 is 5.97 Å². The Balaban J connectivity index is 2.18. The molecule has 0 bridgehead atoms. The first-order valence-electron chi connectivity index (χ1n) is 5.37. The third-order valence-corrected chi connectivity index (χ3v) is 2.58. The summed E-state index contributed by atoms with van der Waals surface area (Å²) in [6.07, 6.45) is 1.59. The van der Waals surface area contributed by atoms with Gasteiger partial charge < -0.3 is 4.74 Å². The van der Waals surface area contributed by atoms with E-state index in [1.807, 2.05) is 26.0 Å². The Morgan fingerprint density at radius 1 is 1.12 bits per heavy atom. The van der Waals surface area contributed by atoms with Crippen molar-refractivity contribution in [3.05, 3.63) is 59.3 Å². The van der Waals surface area contributed by atoms with Crippen molar-refractivity contribution in [2.75, 3.05) is 0 Å². The molecule has 0 fully saturated rings. The zero-order valence-corrected chi connectivity index (χ0v) is 9.81. The lowest BCUT2D eigenvalue weighted by Crippen LogP contribution is -2.09. The number of hydrogen-bond donors (Lipinski definition) is 0. The maximum absolute atomic E-state index is 11.8. The molecule has 0 N–H and O–H groups in total. The molecule has 0 aliphatic heterocycles. The number of aromatic nitrogens is 1. The number of esters is 1. The Morgan fingerprint density at radius 2 is 1.94 bits per heavy atom. The van der Waals surface area contributed by atoms with Crippen molar-refractivity contribution < 1.29 is 9.53 Å². The molecule has 0 saturated carbocycles. The molecule has 1 aromatic heterocycles. The molecule has 0 radical (unpaired) electrons. The minimum absolute atomic E-state index is 0.315. The number of benzene rings is 1. The van der Waals surface area contributed by atoms with Gasteiger partial charge in [0.1, 0.15) is 0 Å². The van der Waals surface area contributed by atoms with Crippen LogP contribution in [0, 0.1) is 13.8 Å². The van der Waals surface area contributed by atoms with Crippen molar-refractivity contribution in [3.8, 4) is 5.88 Å². The highest BCUT2D eigenvalue weighted by Crippen LogP contribution is 2.12. The van der Waals surface area contributed by atoms with Gasteiger partial charge in [-0.25, -0.2) is 9.78 Å². The molecule has 0 saturated heterocycles. The second-order valence-corrected chi connectivity index (χ2v) is 3.86. The molecule has 0 spiro atoms. The van der Waals surface area contributed by atoms with Crippen LogP contribution in [0.15, 0.2) is 42.6 Å². The van der Waals surface area contributed by atoms with Gasteiger partial charge in [-0.1, -0.05) is 12.1 Å². The van der Waals surface area contributed by atoms with Crippen molar-refractivity contribution in [2.24, 2.45) is 0 Å². The molecule has 3 nitrogen and oxygen atoms in total. The van der Waals surface area contributed by atoms with E-state index in [-0.39, 0.29) is 5.97 Å². The molecular weight excluding hydrogens is 214 g/mol. The second-order valence-electron chi connectivity index (χ2n) is 3.86. The number of pyridine rings is 1. The smallest absolute Gasteiger partial charge is 0.344 e. The molecule has 0 aliphatic rings. The van der Waals surface area contributed by atoms with Crippen LogP contribution in [-0.2, 0) is 0 Å². The van der Waals surface area contributed by atoms with Gasteiger partial charge in [-0.3, -0.25) is 0 Å². The van der Waals surface area contributed by atoms with Crippen LogP contribution in [0.4, 0.5) is 0 Å². The van der Waals surface area contributed by atoms with Crippen LogP contribution in [0.5, 0.6) is 5.88 Å². The van der Waals surface area contributed by atoms with Crippen molar-refractivity contribution in [1.82, 2.24) is 4.98 Å². The normalized spacial score (nSPS) is 10.0. The van der Waals surface area contributed by atoms with E-state index in [1.54, 1.807) is 30.5 Å². The van der Waals surface area contributed by atoms with Gasteiger partial charge in [-0.15, -0.1) is 0 Å². The number of hydrogen-bond acceptors (Lipinski definition) is 3. The fourth-order valence-corrected chi connectivity index (χ4v) is 1.43. The van der Waals surface area contributed by atoms with Gasteiger partial charge in [0.15, 0.2) is 0 Å². The van der Waals surface area contributed by atoms with Crippen LogP contribution in [0.3, 0.4) is 0 Å². The first kappa shape index (κ1) is 11.3. The van der Waals surface area contributed by atoms with Gasteiger partial charge in [0.2, 0.25) is 5.88 Å². The molecule has 1 heterocycles. The molecular formula is C14H13NO2. The van der Waals surface area contributed by atoms with Crippen LogP contribution in [0.2, 0.25) is 0 Å². The molecule has 0 unspecified atom stereocenters. The largest absolute Gasteiger partial charge is 0.404 e. The molecule has 2 rings (SSSR count). The average Bonchev–Trinajstić information content (AvgIpc) is 2.34. The molecule has 2 aromatic rings. The molecule has 0 amide bonds. The highest BCUT2D eigenvalue weighted by molar-refractivity contribution is 5.91. The third kappa shape index (κ3) is 2.69. The first-order valence-corrected chi connectivity index (χ1v) is 5.37. The quantitative estimate of drug-likeness (QED) is 0.740.